The van der Waals surface area contributed by atoms with E-state index in [0.29, 0.717) is 10.8 Å². The molecule has 0 fully saturated rings. The third kappa shape index (κ3) is 5.55. The fourth-order valence-corrected chi connectivity index (χ4v) is 4.53. The van der Waals surface area contributed by atoms with Gasteiger partial charge >= 0.3 is 18.0 Å². The number of fused-ring (bicyclic) bond motifs is 1. The number of carbonyl (C=O) groups excluding carboxylic acids is 2. The first-order valence-electron chi connectivity index (χ1n) is 10.9. The van der Waals surface area contributed by atoms with Gasteiger partial charge in [0.15, 0.2) is 29.0 Å². The highest BCUT2D eigenvalue weighted by atomic mass is 32.1. The molecule has 10 nitrogen and oxygen atoms in total. The standard InChI is InChI=1S/C25H18F3N3O7S/c1-36-18-6-14(26)16(30-25(35)31-17-10-39-22(24(34)37-2)20(17)23(32)33)7-19(18)38-9-13-12-8-29-4-3-11(12)5-15(27)21(13)28/h3-8,10H,9H2,1-2H3,(H,32,33)(H2,30,31,35). The number of methoxy groups -OCH3 is 2. The molecule has 14 heteroatoms. The Bertz CT molecular complexity index is 1610. The van der Waals surface area contributed by atoms with Crippen LogP contribution in [0.2, 0.25) is 0 Å². The van der Waals surface area contributed by atoms with Gasteiger partial charge in [-0.1, -0.05) is 0 Å². The van der Waals surface area contributed by atoms with Crippen LogP contribution in [-0.2, 0) is 11.3 Å². The van der Waals surface area contributed by atoms with E-state index in [1.807, 2.05) is 0 Å². The lowest BCUT2D eigenvalue weighted by atomic mass is 10.1. The minimum absolute atomic E-state index is 0.105. The van der Waals surface area contributed by atoms with Crippen LogP contribution < -0.4 is 20.1 Å². The van der Waals surface area contributed by atoms with Gasteiger partial charge in [-0.25, -0.2) is 27.6 Å². The predicted molar refractivity (Wildman–Crippen MR) is 134 cm³/mol. The number of hydrogen-bond acceptors (Lipinski definition) is 8. The van der Waals surface area contributed by atoms with Crippen LogP contribution in [0.25, 0.3) is 10.8 Å². The van der Waals surface area contributed by atoms with Gasteiger partial charge < -0.3 is 30.0 Å². The average molecular weight is 561 g/mol. The van der Waals surface area contributed by atoms with Gasteiger partial charge in [0.1, 0.15) is 17.0 Å². The number of urea groups is 1. The number of benzene rings is 2. The van der Waals surface area contributed by atoms with Crippen LogP contribution >= 0.6 is 11.3 Å². The first-order chi connectivity index (χ1) is 18.6. The molecule has 2 aromatic carbocycles. The summed E-state index contributed by atoms with van der Waals surface area (Å²) in [5.74, 6) is -5.82. The second kappa shape index (κ2) is 11.3. The van der Waals surface area contributed by atoms with Crippen molar-refractivity contribution >= 4 is 51.5 Å². The maximum Gasteiger partial charge on any atom is 0.349 e. The van der Waals surface area contributed by atoms with E-state index in [-0.39, 0.29) is 27.6 Å². The summed E-state index contributed by atoms with van der Waals surface area (Å²) in [7, 11) is 2.30. The van der Waals surface area contributed by atoms with E-state index in [2.05, 4.69) is 20.4 Å². The highest BCUT2D eigenvalue weighted by Crippen LogP contribution is 2.35. The van der Waals surface area contributed by atoms with Crippen molar-refractivity contribution in [3.63, 3.8) is 0 Å². The molecule has 0 aliphatic rings. The molecule has 3 N–H and O–H groups in total. The lowest BCUT2D eigenvalue weighted by Crippen LogP contribution is -2.21. The SMILES string of the molecule is COC(=O)c1scc(NC(=O)Nc2cc(OCc3c(F)c(F)cc4ccncc34)c(OC)cc2F)c1C(=O)O. The monoisotopic (exact) mass is 561 g/mol. The van der Waals surface area contributed by atoms with E-state index in [4.69, 9.17) is 9.47 Å². The molecule has 0 unspecified atom stereocenters. The van der Waals surface area contributed by atoms with E-state index in [9.17, 15) is 32.7 Å². The molecule has 2 heterocycles. The molecule has 0 bridgehead atoms. The quantitative estimate of drug-likeness (QED) is 0.242. The molecule has 2 amide bonds. The highest BCUT2D eigenvalue weighted by molar-refractivity contribution is 7.13. The fraction of sp³-hybridized carbons (Fsp3) is 0.120. The average Bonchev–Trinajstić information content (AvgIpc) is 3.33. The summed E-state index contributed by atoms with van der Waals surface area (Å²) in [6.45, 7) is -0.493. The topological polar surface area (TPSA) is 136 Å². The van der Waals surface area contributed by atoms with Gasteiger partial charge in [0.2, 0.25) is 0 Å². The number of carbonyl (C=O) groups is 3. The van der Waals surface area contributed by atoms with Crippen LogP contribution in [0.3, 0.4) is 0 Å². The summed E-state index contributed by atoms with van der Waals surface area (Å²) < 4.78 is 58.7. The molecule has 4 rings (SSSR count). The number of ether oxygens (including phenoxy) is 3. The zero-order valence-electron chi connectivity index (χ0n) is 20.1. The summed E-state index contributed by atoms with van der Waals surface area (Å²) in [6.07, 6.45) is 2.76. The third-order valence-electron chi connectivity index (χ3n) is 5.43. The molecule has 0 saturated heterocycles. The zero-order valence-corrected chi connectivity index (χ0v) is 21.0. The number of aromatic nitrogens is 1. The van der Waals surface area contributed by atoms with Gasteiger partial charge in [-0.05, 0) is 17.5 Å². The van der Waals surface area contributed by atoms with Gasteiger partial charge in [-0.15, -0.1) is 11.3 Å². The van der Waals surface area contributed by atoms with Gasteiger partial charge in [0.05, 0.1) is 25.6 Å². The van der Waals surface area contributed by atoms with Crippen LogP contribution in [0, 0.1) is 17.5 Å². The van der Waals surface area contributed by atoms with E-state index in [0.717, 1.165) is 36.6 Å². The Morgan fingerprint density at radius 1 is 1.03 bits per heavy atom. The number of hydrogen-bond donors (Lipinski definition) is 3. The van der Waals surface area contributed by atoms with Crippen molar-refractivity contribution in [2.24, 2.45) is 0 Å². The Morgan fingerprint density at radius 2 is 1.77 bits per heavy atom. The molecule has 2 aromatic heterocycles. The Hall–Kier alpha value is -4.85. The summed E-state index contributed by atoms with van der Waals surface area (Å²) in [6, 6.07) is 3.42. The molecule has 4 aromatic rings. The number of nitrogens with one attached hydrogen (secondary N) is 2. The van der Waals surface area contributed by atoms with Crippen LogP contribution in [0.4, 0.5) is 29.3 Å². The number of rotatable bonds is 8. The molecule has 39 heavy (non-hydrogen) atoms. The van der Waals surface area contributed by atoms with Gasteiger partial charge in [0.25, 0.3) is 0 Å². The molecular formula is C25H18F3N3O7S. The Labute approximate surface area is 221 Å². The number of aromatic carboxylic acids is 1. The Kier molecular flexibility index (Phi) is 7.85. The number of carboxylic acid groups (broad SMARTS) is 1. The van der Waals surface area contributed by atoms with Gasteiger partial charge in [-0.2, -0.15) is 0 Å². The minimum atomic E-state index is -1.49. The number of halogens is 3. The largest absolute Gasteiger partial charge is 0.493 e. The maximum absolute atomic E-state index is 14.7. The predicted octanol–water partition coefficient (Wildman–Crippen LogP) is 5.43. The van der Waals surface area contributed by atoms with Crippen molar-refractivity contribution in [2.45, 2.75) is 6.61 Å². The molecular weight excluding hydrogens is 543 g/mol. The number of esters is 1. The first kappa shape index (κ1) is 27.2. The van der Waals surface area contributed by atoms with Crippen molar-refractivity contribution in [3.8, 4) is 11.5 Å². The lowest BCUT2D eigenvalue weighted by molar-refractivity contribution is 0.0589. The van der Waals surface area contributed by atoms with Crippen molar-refractivity contribution in [1.29, 1.82) is 0 Å². The van der Waals surface area contributed by atoms with Crippen molar-refractivity contribution in [2.75, 3.05) is 24.9 Å². The van der Waals surface area contributed by atoms with E-state index in [1.54, 1.807) is 0 Å². The molecule has 0 aliphatic heterocycles. The van der Waals surface area contributed by atoms with E-state index >= 15 is 0 Å². The van der Waals surface area contributed by atoms with Gasteiger partial charge in [0, 0.05) is 40.9 Å². The van der Waals surface area contributed by atoms with E-state index < -0.39 is 53.3 Å². The van der Waals surface area contributed by atoms with Crippen LogP contribution in [0.1, 0.15) is 25.6 Å². The normalized spacial score (nSPS) is 10.7. The van der Waals surface area contributed by atoms with Crippen LogP contribution in [-0.4, -0.2) is 42.3 Å². The second-order valence-corrected chi connectivity index (χ2v) is 8.63. The van der Waals surface area contributed by atoms with Gasteiger partial charge in [-0.3, -0.25) is 4.98 Å². The maximum atomic E-state index is 14.7. The van der Waals surface area contributed by atoms with Crippen LogP contribution in [0.15, 0.2) is 42.0 Å². The summed E-state index contributed by atoms with van der Waals surface area (Å²) in [5, 5.41) is 15.8. The zero-order chi connectivity index (χ0) is 28.3. The second-order valence-electron chi connectivity index (χ2n) is 7.75. The molecule has 0 aliphatic carbocycles. The molecule has 0 saturated carbocycles. The van der Waals surface area contributed by atoms with E-state index in [1.165, 1.54) is 30.9 Å². The summed E-state index contributed by atoms with van der Waals surface area (Å²) >= 11 is 0.733. The first-order valence-corrected chi connectivity index (χ1v) is 11.7. The fourth-order valence-electron chi connectivity index (χ4n) is 3.62. The van der Waals surface area contributed by atoms with Crippen molar-refractivity contribution in [3.05, 3.63) is 75.5 Å². The number of carboxylic acids is 1. The number of nitrogens with zero attached hydrogens (tertiary/aromatic N) is 1. The minimum Gasteiger partial charge on any atom is -0.493 e. The Balaban J connectivity index is 1.58. The number of pyridine rings is 1. The number of amides is 2. The van der Waals surface area contributed by atoms with Crippen LogP contribution in [0.5, 0.6) is 11.5 Å². The molecule has 202 valence electrons. The molecule has 0 spiro atoms. The molecule has 0 atom stereocenters. The third-order valence-corrected chi connectivity index (χ3v) is 6.39. The lowest BCUT2D eigenvalue weighted by Gasteiger charge is -2.15. The van der Waals surface area contributed by atoms with Crippen molar-refractivity contribution < 1.29 is 46.9 Å². The summed E-state index contributed by atoms with van der Waals surface area (Å²) in [5.41, 5.74) is -1.27. The number of thiophene rings is 1. The van der Waals surface area contributed by atoms with Crippen molar-refractivity contribution in [1.82, 2.24) is 4.98 Å². The smallest absolute Gasteiger partial charge is 0.349 e. The summed E-state index contributed by atoms with van der Waals surface area (Å²) in [4.78, 5) is 39.7. The highest BCUT2D eigenvalue weighted by Gasteiger charge is 2.25. The number of anilines is 2. The Morgan fingerprint density at radius 3 is 2.46 bits per heavy atom. The molecule has 0 radical (unpaired) electrons.